The highest BCUT2D eigenvalue weighted by atomic mass is 16.5. The summed E-state index contributed by atoms with van der Waals surface area (Å²) in [7, 11) is 0. The second-order valence-corrected chi connectivity index (χ2v) is 3.77. The molecule has 17 heavy (non-hydrogen) atoms. The van der Waals surface area contributed by atoms with Crippen LogP contribution in [0.2, 0.25) is 0 Å². The predicted molar refractivity (Wildman–Crippen MR) is 59.1 cm³/mol. The van der Waals surface area contributed by atoms with Crippen LogP contribution in [0.15, 0.2) is 29.2 Å². The van der Waals surface area contributed by atoms with Crippen LogP contribution in [0.5, 0.6) is 0 Å². The Balaban J connectivity index is 2.35. The first-order valence-corrected chi connectivity index (χ1v) is 5.02. The smallest absolute Gasteiger partial charge is 0.351 e. The molecule has 1 aromatic heterocycles. The Bertz CT molecular complexity index is 499. The van der Waals surface area contributed by atoms with Gasteiger partial charge in [0, 0.05) is 11.8 Å². The van der Waals surface area contributed by atoms with Crippen molar-refractivity contribution in [2.75, 3.05) is 12.3 Å². The van der Waals surface area contributed by atoms with Crippen molar-refractivity contribution in [3.63, 3.8) is 0 Å². The van der Waals surface area contributed by atoms with Crippen LogP contribution in [0.3, 0.4) is 0 Å². The molecule has 4 N–H and O–H groups in total. The maximum atomic E-state index is 11.6. The van der Waals surface area contributed by atoms with Gasteiger partial charge in [-0.2, -0.15) is 4.98 Å². The van der Waals surface area contributed by atoms with E-state index in [1.54, 1.807) is 0 Å². The summed E-state index contributed by atoms with van der Waals surface area (Å²) in [6.07, 6.45) is -1.21. The fourth-order valence-corrected chi connectivity index (χ4v) is 1.70. The Labute approximate surface area is 96.8 Å². The fraction of sp³-hybridized carbons (Fsp3) is 0.400. The summed E-state index contributed by atoms with van der Waals surface area (Å²) in [5, 5.41) is 18.7. The monoisotopic (exact) mass is 239 g/mol. The first kappa shape index (κ1) is 11.8. The Kier molecular flexibility index (Phi) is 2.97. The molecule has 1 fully saturated rings. The maximum absolute atomic E-state index is 11.6. The molecule has 3 atom stereocenters. The van der Waals surface area contributed by atoms with Gasteiger partial charge in [-0.15, -0.1) is 0 Å². The number of nitrogens with two attached hydrogens (primary N) is 1. The number of hydrogen-bond donors (Lipinski definition) is 3. The van der Waals surface area contributed by atoms with E-state index < -0.39 is 24.1 Å². The second kappa shape index (κ2) is 4.28. The Hall–Kier alpha value is -1.70. The van der Waals surface area contributed by atoms with Gasteiger partial charge in [0.15, 0.2) is 6.23 Å². The molecule has 1 aliphatic rings. The van der Waals surface area contributed by atoms with Crippen molar-refractivity contribution in [1.29, 1.82) is 0 Å². The number of nitrogen functional groups attached to an aromatic ring is 1. The number of aromatic nitrogens is 2. The molecule has 2 rings (SSSR count). The van der Waals surface area contributed by atoms with Crippen molar-refractivity contribution < 1.29 is 14.9 Å². The van der Waals surface area contributed by atoms with Gasteiger partial charge in [-0.1, -0.05) is 6.58 Å². The van der Waals surface area contributed by atoms with Crippen LogP contribution in [0.1, 0.15) is 6.23 Å². The molecular formula is C10H13N3O4. The number of rotatable bonds is 2. The summed E-state index contributed by atoms with van der Waals surface area (Å²) >= 11 is 0. The van der Waals surface area contributed by atoms with Gasteiger partial charge < -0.3 is 20.7 Å². The minimum Gasteiger partial charge on any atom is -0.394 e. The van der Waals surface area contributed by atoms with Crippen molar-refractivity contribution in [3.05, 3.63) is 34.9 Å². The Morgan fingerprint density at radius 1 is 1.65 bits per heavy atom. The van der Waals surface area contributed by atoms with Crippen LogP contribution in [0.25, 0.3) is 0 Å². The van der Waals surface area contributed by atoms with E-state index in [-0.39, 0.29) is 12.4 Å². The highest BCUT2D eigenvalue weighted by molar-refractivity contribution is 5.24. The molecule has 92 valence electrons. The Morgan fingerprint density at radius 2 is 2.35 bits per heavy atom. The van der Waals surface area contributed by atoms with E-state index in [4.69, 9.17) is 15.6 Å². The molecule has 1 aromatic rings. The molecule has 0 aromatic carbocycles. The first-order chi connectivity index (χ1) is 8.04. The molecule has 1 unspecified atom stereocenters. The second-order valence-electron chi connectivity index (χ2n) is 3.77. The highest BCUT2D eigenvalue weighted by Gasteiger charge is 2.38. The van der Waals surface area contributed by atoms with E-state index in [0.717, 1.165) is 4.57 Å². The quantitative estimate of drug-likeness (QED) is 0.549. The summed E-state index contributed by atoms with van der Waals surface area (Å²) in [5.41, 5.74) is 5.07. The minimum atomic E-state index is -1.01. The van der Waals surface area contributed by atoms with Crippen LogP contribution in [0.4, 0.5) is 5.82 Å². The number of hydrogen-bond acceptors (Lipinski definition) is 6. The molecule has 1 aliphatic heterocycles. The van der Waals surface area contributed by atoms with Gasteiger partial charge in [0.1, 0.15) is 18.0 Å². The van der Waals surface area contributed by atoms with E-state index in [1.807, 2.05) is 0 Å². The Morgan fingerprint density at radius 3 is 2.88 bits per heavy atom. The van der Waals surface area contributed by atoms with Gasteiger partial charge in [-0.25, -0.2) is 4.79 Å². The van der Waals surface area contributed by atoms with E-state index >= 15 is 0 Å². The molecule has 0 bridgehead atoms. The number of nitrogens with zero attached hydrogens (tertiary/aromatic N) is 2. The molecule has 0 saturated carbocycles. The number of ether oxygens (including phenoxy) is 1. The average molecular weight is 239 g/mol. The third kappa shape index (κ3) is 1.95. The molecule has 0 spiro atoms. The summed E-state index contributed by atoms with van der Waals surface area (Å²) in [4.78, 5) is 15.1. The molecule has 7 heteroatoms. The zero-order chi connectivity index (χ0) is 12.6. The highest BCUT2D eigenvalue weighted by Crippen LogP contribution is 2.31. The number of aliphatic hydroxyl groups excluding tert-OH is 2. The molecule has 1 saturated heterocycles. The third-order valence-corrected chi connectivity index (χ3v) is 2.64. The maximum Gasteiger partial charge on any atom is 0.351 e. The minimum absolute atomic E-state index is 0.106. The van der Waals surface area contributed by atoms with Crippen molar-refractivity contribution in [1.82, 2.24) is 9.55 Å². The van der Waals surface area contributed by atoms with Crippen molar-refractivity contribution in [2.45, 2.75) is 18.4 Å². The molecular weight excluding hydrogens is 226 g/mol. The number of aliphatic hydroxyl groups is 2. The molecule has 0 radical (unpaired) electrons. The van der Waals surface area contributed by atoms with E-state index in [9.17, 15) is 9.90 Å². The molecule has 2 heterocycles. The summed E-state index contributed by atoms with van der Waals surface area (Å²) in [5.74, 6) is 0.106. The zero-order valence-corrected chi connectivity index (χ0v) is 8.98. The largest absolute Gasteiger partial charge is 0.394 e. The van der Waals surface area contributed by atoms with Gasteiger partial charge in [-0.05, 0) is 6.07 Å². The van der Waals surface area contributed by atoms with Gasteiger partial charge in [0.05, 0.1) is 6.61 Å². The van der Waals surface area contributed by atoms with Crippen molar-refractivity contribution in [2.24, 2.45) is 0 Å². The van der Waals surface area contributed by atoms with Gasteiger partial charge in [-0.3, -0.25) is 4.57 Å². The third-order valence-electron chi connectivity index (χ3n) is 2.64. The van der Waals surface area contributed by atoms with E-state index in [2.05, 4.69) is 11.6 Å². The molecule has 7 nitrogen and oxygen atoms in total. The van der Waals surface area contributed by atoms with Crippen LogP contribution in [-0.2, 0) is 4.74 Å². The normalized spacial score (nSPS) is 28.6. The molecule has 0 aliphatic carbocycles. The van der Waals surface area contributed by atoms with Crippen LogP contribution in [0, 0.1) is 0 Å². The van der Waals surface area contributed by atoms with Gasteiger partial charge in [0.2, 0.25) is 0 Å². The van der Waals surface area contributed by atoms with E-state index in [1.165, 1.54) is 12.3 Å². The van der Waals surface area contributed by atoms with Crippen LogP contribution >= 0.6 is 0 Å². The fourth-order valence-electron chi connectivity index (χ4n) is 1.70. The topological polar surface area (TPSA) is 111 Å². The van der Waals surface area contributed by atoms with Gasteiger partial charge >= 0.3 is 5.69 Å². The standard InChI is InChI=1S/C10H13N3O4/c1-5-8(15)6(4-14)17-9(5)13-3-2-7(11)12-10(13)16/h2-3,6,8-9,14-15H,1,4H2,(H2,11,12,16)/t6-,8?,9-/m1/s1. The lowest BCUT2D eigenvalue weighted by Gasteiger charge is -2.14. The van der Waals surface area contributed by atoms with Crippen LogP contribution in [-0.4, -0.2) is 38.6 Å². The summed E-state index contributed by atoms with van der Waals surface area (Å²) in [6.45, 7) is 3.30. The summed E-state index contributed by atoms with van der Waals surface area (Å²) in [6, 6.07) is 1.44. The lowest BCUT2D eigenvalue weighted by atomic mass is 10.1. The SMILES string of the molecule is C=C1C(O)[C@@H](CO)O[C@H]1n1ccc(N)nc1=O. The van der Waals surface area contributed by atoms with Crippen molar-refractivity contribution >= 4 is 5.82 Å². The van der Waals surface area contributed by atoms with Gasteiger partial charge in [0.25, 0.3) is 0 Å². The predicted octanol–water partition coefficient (Wildman–Crippen LogP) is -1.37. The van der Waals surface area contributed by atoms with Crippen LogP contribution < -0.4 is 11.4 Å². The van der Waals surface area contributed by atoms with Crippen molar-refractivity contribution in [3.8, 4) is 0 Å². The first-order valence-electron chi connectivity index (χ1n) is 5.02. The van der Waals surface area contributed by atoms with E-state index in [0.29, 0.717) is 5.57 Å². The zero-order valence-electron chi connectivity index (χ0n) is 8.98. The summed E-state index contributed by atoms with van der Waals surface area (Å²) < 4.78 is 6.49. The average Bonchev–Trinajstić information content (AvgIpc) is 2.57. The lowest BCUT2D eigenvalue weighted by molar-refractivity contribution is -0.0447. The lowest BCUT2D eigenvalue weighted by Crippen LogP contribution is -2.28. The molecule has 0 amide bonds. The number of anilines is 1.